The summed E-state index contributed by atoms with van der Waals surface area (Å²) in [6, 6.07) is 4.39. The average molecular weight is 335 g/mol. The summed E-state index contributed by atoms with van der Waals surface area (Å²) in [6.45, 7) is 0. The van der Waals surface area contributed by atoms with Crippen molar-refractivity contribution in [2.45, 2.75) is 12.5 Å². The number of aromatic nitrogens is 3. The average Bonchev–Trinajstić information content (AvgIpc) is 2.86. The van der Waals surface area contributed by atoms with E-state index in [2.05, 4.69) is 26.0 Å². The topological polar surface area (TPSA) is 56.2 Å². The third kappa shape index (κ3) is 2.44. The first kappa shape index (κ1) is 13.2. The molecule has 4 nitrogen and oxygen atoms in total. The van der Waals surface area contributed by atoms with E-state index in [1.807, 2.05) is 0 Å². The van der Waals surface area contributed by atoms with Gasteiger partial charge < -0.3 is 5.73 Å². The number of hydrogen-bond acceptors (Lipinski definition) is 3. The number of fused-ring (bicyclic) bond motifs is 1. The Balaban J connectivity index is 1.91. The molecule has 2 aromatic heterocycles. The lowest BCUT2D eigenvalue weighted by Crippen LogP contribution is -2.13. The van der Waals surface area contributed by atoms with Gasteiger partial charge in [-0.2, -0.15) is 5.10 Å². The third-order valence-corrected chi connectivity index (χ3v) is 3.95. The van der Waals surface area contributed by atoms with Crippen LogP contribution in [0.5, 0.6) is 0 Å². The predicted octanol–water partition coefficient (Wildman–Crippen LogP) is 2.87. The van der Waals surface area contributed by atoms with E-state index in [-0.39, 0.29) is 11.9 Å². The normalized spacial score (nSPS) is 12.8. The molecule has 0 radical (unpaired) electrons. The van der Waals surface area contributed by atoms with E-state index in [9.17, 15) is 4.39 Å². The van der Waals surface area contributed by atoms with Crippen LogP contribution in [0.15, 0.2) is 47.5 Å². The molecule has 2 heterocycles. The molecule has 0 fully saturated rings. The number of halogens is 2. The molecule has 3 rings (SSSR count). The summed E-state index contributed by atoms with van der Waals surface area (Å²) in [5.41, 5.74) is 9.02. The summed E-state index contributed by atoms with van der Waals surface area (Å²) in [7, 11) is 0. The predicted molar refractivity (Wildman–Crippen MR) is 77.7 cm³/mol. The summed E-state index contributed by atoms with van der Waals surface area (Å²) in [6.07, 6.45) is 7.53. The van der Waals surface area contributed by atoms with Gasteiger partial charge in [-0.1, -0.05) is 22.0 Å². The van der Waals surface area contributed by atoms with E-state index in [1.165, 1.54) is 12.1 Å². The molecule has 1 atom stereocenters. The Morgan fingerprint density at radius 2 is 2.20 bits per heavy atom. The minimum absolute atomic E-state index is 0.224. The maximum absolute atomic E-state index is 13.1. The van der Waals surface area contributed by atoms with E-state index >= 15 is 0 Å². The van der Waals surface area contributed by atoms with Gasteiger partial charge >= 0.3 is 0 Å². The van der Waals surface area contributed by atoms with Gasteiger partial charge in [0.05, 0.1) is 17.9 Å². The first-order valence-electron chi connectivity index (χ1n) is 6.12. The Labute approximate surface area is 123 Å². The van der Waals surface area contributed by atoms with Crippen molar-refractivity contribution in [3.63, 3.8) is 0 Å². The van der Waals surface area contributed by atoms with Crippen LogP contribution in [0, 0.1) is 5.82 Å². The van der Waals surface area contributed by atoms with Crippen LogP contribution in [0.2, 0.25) is 0 Å². The molecule has 0 aliphatic rings. The molecule has 1 aromatic carbocycles. The zero-order valence-electron chi connectivity index (χ0n) is 10.5. The van der Waals surface area contributed by atoms with Crippen LogP contribution in [0.3, 0.4) is 0 Å². The zero-order valence-corrected chi connectivity index (χ0v) is 12.1. The molecule has 3 aromatic rings. The highest BCUT2D eigenvalue weighted by Crippen LogP contribution is 2.25. The Kier molecular flexibility index (Phi) is 3.50. The highest BCUT2D eigenvalue weighted by Gasteiger charge is 2.14. The highest BCUT2D eigenvalue weighted by atomic mass is 79.9. The highest BCUT2D eigenvalue weighted by molar-refractivity contribution is 9.10. The van der Waals surface area contributed by atoms with Gasteiger partial charge in [-0.25, -0.2) is 8.91 Å². The minimum atomic E-state index is -0.269. The number of nitrogens with two attached hydrogens (primary N) is 1. The van der Waals surface area contributed by atoms with Crippen molar-refractivity contribution in [2.75, 3.05) is 0 Å². The fourth-order valence-corrected chi connectivity index (χ4v) is 2.69. The first-order chi connectivity index (χ1) is 9.65. The number of nitrogens with zero attached hydrogens (tertiary/aromatic N) is 3. The maximum Gasteiger partial charge on any atom is 0.124 e. The fraction of sp³-hybridized carbons (Fsp3) is 0.143. The van der Waals surface area contributed by atoms with Gasteiger partial charge in [-0.3, -0.25) is 4.98 Å². The lowest BCUT2D eigenvalue weighted by molar-refractivity contribution is 0.624. The van der Waals surface area contributed by atoms with Gasteiger partial charge in [-0.15, -0.1) is 0 Å². The SMILES string of the molecule is NC(Cc1ccc(F)cc1Br)c1cnn2ccncc12. The van der Waals surface area contributed by atoms with Crippen LogP contribution >= 0.6 is 15.9 Å². The molecule has 1 unspecified atom stereocenters. The van der Waals surface area contributed by atoms with Crippen molar-refractivity contribution in [3.8, 4) is 0 Å². The van der Waals surface area contributed by atoms with E-state index in [0.717, 1.165) is 21.1 Å². The molecule has 20 heavy (non-hydrogen) atoms. The quantitative estimate of drug-likeness (QED) is 0.801. The molecule has 0 aliphatic carbocycles. The molecule has 6 heteroatoms. The third-order valence-electron chi connectivity index (χ3n) is 3.21. The summed E-state index contributed by atoms with van der Waals surface area (Å²) >= 11 is 3.36. The Bertz CT molecular complexity index is 756. The maximum atomic E-state index is 13.1. The number of rotatable bonds is 3. The van der Waals surface area contributed by atoms with Crippen molar-refractivity contribution < 1.29 is 4.39 Å². The van der Waals surface area contributed by atoms with E-state index in [1.54, 1.807) is 35.4 Å². The zero-order chi connectivity index (χ0) is 14.1. The van der Waals surface area contributed by atoms with Gasteiger partial charge in [0, 0.05) is 28.5 Å². The van der Waals surface area contributed by atoms with Crippen LogP contribution in [-0.4, -0.2) is 14.6 Å². The molecule has 0 aliphatic heterocycles. The molecule has 0 spiro atoms. The smallest absolute Gasteiger partial charge is 0.124 e. The summed E-state index contributed by atoms with van der Waals surface area (Å²) in [4.78, 5) is 4.09. The van der Waals surface area contributed by atoms with Crippen molar-refractivity contribution in [2.24, 2.45) is 5.73 Å². The Morgan fingerprint density at radius 1 is 1.35 bits per heavy atom. The molecule has 102 valence electrons. The Morgan fingerprint density at radius 3 is 3.00 bits per heavy atom. The second-order valence-corrected chi connectivity index (χ2v) is 5.41. The van der Waals surface area contributed by atoms with E-state index < -0.39 is 0 Å². The van der Waals surface area contributed by atoms with Gasteiger partial charge in [0.1, 0.15) is 5.82 Å². The minimum Gasteiger partial charge on any atom is -0.324 e. The second kappa shape index (κ2) is 5.30. The number of hydrogen-bond donors (Lipinski definition) is 1. The van der Waals surface area contributed by atoms with Crippen molar-refractivity contribution in [1.29, 1.82) is 0 Å². The standard InChI is InChI=1S/C14H12BrFN4/c15-12-6-10(16)2-1-9(12)5-13(17)11-7-19-20-4-3-18-8-14(11)20/h1-4,6-8,13H,5,17H2. The summed E-state index contributed by atoms with van der Waals surface area (Å²) < 4.78 is 15.5. The van der Waals surface area contributed by atoms with E-state index in [0.29, 0.717) is 6.42 Å². The fourth-order valence-electron chi connectivity index (χ4n) is 2.17. The van der Waals surface area contributed by atoms with Crippen LogP contribution in [-0.2, 0) is 6.42 Å². The Hall–Kier alpha value is -1.79. The van der Waals surface area contributed by atoms with Crippen LogP contribution in [0.1, 0.15) is 17.2 Å². The van der Waals surface area contributed by atoms with Crippen molar-refractivity contribution in [3.05, 3.63) is 64.4 Å². The summed E-state index contributed by atoms with van der Waals surface area (Å²) in [5.74, 6) is -0.269. The van der Waals surface area contributed by atoms with Gasteiger partial charge in [-0.05, 0) is 24.1 Å². The molecule has 0 amide bonds. The van der Waals surface area contributed by atoms with Gasteiger partial charge in [0.25, 0.3) is 0 Å². The molecule has 0 saturated heterocycles. The van der Waals surface area contributed by atoms with Crippen LogP contribution in [0.25, 0.3) is 5.52 Å². The molecule has 0 saturated carbocycles. The summed E-state index contributed by atoms with van der Waals surface area (Å²) in [5, 5.41) is 4.24. The van der Waals surface area contributed by atoms with Crippen LogP contribution in [0.4, 0.5) is 4.39 Å². The van der Waals surface area contributed by atoms with E-state index in [4.69, 9.17) is 5.73 Å². The largest absolute Gasteiger partial charge is 0.324 e. The molecule has 0 bridgehead atoms. The van der Waals surface area contributed by atoms with Crippen molar-refractivity contribution >= 4 is 21.4 Å². The van der Waals surface area contributed by atoms with Gasteiger partial charge in [0.2, 0.25) is 0 Å². The lowest BCUT2D eigenvalue weighted by Gasteiger charge is -2.12. The lowest BCUT2D eigenvalue weighted by atomic mass is 10.0. The molecular formula is C14H12BrFN4. The van der Waals surface area contributed by atoms with Gasteiger partial charge in [0.15, 0.2) is 0 Å². The molecule has 2 N–H and O–H groups in total. The van der Waals surface area contributed by atoms with Crippen LogP contribution < -0.4 is 5.73 Å². The monoisotopic (exact) mass is 334 g/mol. The number of benzene rings is 1. The second-order valence-electron chi connectivity index (χ2n) is 4.55. The first-order valence-corrected chi connectivity index (χ1v) is 6.91. The van der Waals surface area contributed by atoms with Crippen molar-refractivity contribution in [1.82, 2.24) is 14.6 Å². The molecular weight excluding hydrogens is 323 g/mol.